The molecule has 0 saturated heterocycles. The summed E-state index contributed by atoms with van der Waals surface area (Å²) in [5.41, 5.74) is 2.71. The first-order valence-electron chi connectivity index (χ1n) is 11.6. The summed E-state index contributed by atoms with van der Waals surface area (Å²) in [5, 5.41) is 2.44. The number of carbonyl (C=O) groups excluding carboxylic acids is 1. The van der Waals surface area contributed by atoms with Gasteiger partial charge in [-0.05, 0) is 73.4 Å². The van der Waals surface area contributed by atoms with Crippen LogP contribution in [-0.2, 0) is 17.4 Å². The van der Waals surface area contributed by atoms with Gasteiger partial charge in [0.25, 0.3) is 0 Å². The van der Waals surface area contributed by atoms with Crippen LogP contribution in [0.4, 0.5) is 43.4 Å². The zero-order chi connectivity index (χ0) is 27.0. The van der Waals surface area contributed by atoms with Crippen LogP contribution in [0, 0.1) is 13.8 Å². The van der Waals surface area contributed by atoms with Crippen LogP contribution >= 0.6 is 0 Å². The molecular weight excluding hydrogens is 496 g/mol. The number of rotatable bonds is 6. The van der Waals surface area contributed by atoms with Crippen molar-refractivity contribution in [2.75, 3.05) is 28.2 Å². The lowest BCUT2D eigenvalue weighted by atomic mass is 10.1. The van der Waals surface area contributed by atoms with E-state index in [-0.39, 0.29) is 24.3 Å². The molecule has 0 bridgehead atoms. The van der Waals surface area contributed by atoms with E-state index in [1.54, 1.807) is 24.3 Å². The molecule has 0 aliphatic carbocycles. The average Bonchev–Trinajstić information content (AvgIpc) is 3.20. The SMILES string of the molecule is Cc1ccc(N(CCc2ccc(C(F)(F)F)cc2)C(=O)CN2c3ccccc3NC2C(F)(F)F)cc1C. The van der Waals surface area contributed by atoms with Crippen LogP contribution in [0.5, 0.6) is 0 Å². The van der Waals surface area contributed by atoms with Gasteiger partial charge in [0.05, 0.1) is 23.5 Å². The minimum absolute atomic E-state index is 0.0757. The van der Waals surface area contributed by atoms with Gasteiger partial charge < -0.3 is 15.1 Å². The molecular formula is C27H25F6N3O. The number of fused-ring (bicyclic) bond motifs is 1. The van der Waals surface area contributed by atoms with E-state index in [2.05, 4.69) is 5.32 Å². The highest BCUT2D eigenvalue weighted by atomic mass is 19.4. The second kappa shape index (κ2) is 9.99. The molecule has 1 heterocycles. The summed E-state index contributed by atoms with van der Waals surface area (Å²) < 4.78 is 80.2. The van der Waals surface area contributed by atoms with Crippen molar-refractivity contribution >= 4 is 23.0 Å². The fraction of sp³-hybridized carbons (Fsp3) is 0.296. The van der Waals surface area contributed by atoms with E-state index in [1.165, 1.54) is 29.2 Å². The van der Waals surface area contributed by atoms with Crippen LogP contribution < -0.4 is 15.1 Å². The number of amides is 1. The van der Waals surface area contributed by atoms with Gasteiger partial charge in [0.15, 0.2) is 6.17 Å². The van der Waals surface area contributed by atoms with Gasteiger partial charge in [-0.25, -0.2) is 0 Å². The monoisotopic (exact) mass is 521 g/mol. The topological polar surface area (TPSA) is 35.6 Å². The number of nitrogens with one attached hydrogen (secondary N) is 1. The molecule has 0 fully saturated rings. The third-order valence-corrected chi connectivity index (χ3v) is 6.44. The standard InChI is InChI=1S/C27H25F6N3O/c1-17-7-12-21(15-18(17)2)35(14-13-19-8-10-20(11-9-19)26(28,29)30)24(37)16-36-23-6-4-3-5-22(23)34-25(36)27(31,32)33/h3-12,15,25,34H,13-14,16H2,1-2H3. The third-order valence-electron chi connectivity index (χ3n) is 6.44. The normalized spacial score (nSPS) is 15.4. The predicted octanol–water partition coefficient (Wildman–Crippen LogP) is 6.72. The predicted molar refractivity (Wildman–Crippen MR) is 131 cm³/mol. The van der Waals surface area contributed by atoms with Crippen molar-refractivity contribution in [2.24, 2.45) is 0 Å². The van der Waals surface area contributed by atoms with Crippen molar-refractivity contribution in [3.63, 3.8) is 0 Å². The molecule has 196 valence electrons. The number of hydrogen-bond donors (Lipinski definition) is 1. The molecule has 1 aliphatic rings. The first kappa shape index (κ1) is 26.4. The Morgan fingerprint density at radius 1 is 0.919 bits per heavy atom. The van der Waals surface area contributed by atoms with E-state index in [9.17, 15) is 31.1 Å². The van der Waals surface area contributed by atoms with Gasteiger partial charge in [0.1, 0.15) is 0 Å². The number of aryl methyl sites for hydroxylation is 2. The quantitative estimate of drug-likeness (QED) is 0.366. The van der Waals surface area contributed by atoms with E-state index < -0.39 is 36.5 Å². The van der Waals surface area contributed by atoms with E-state index in [0.717, 1.165) is 28.2 Å². The lowest BCUT2D eigenvalue weighted by Crippen LogP contribution is -2.51. The molecule has 10 heteroatoms. The Morgan fingerprint density at radius 2 is 1.59 bits per heavy atom. The third kappa shape index (κ3) is 5.84. The summed E-state index contributed by atoms with van der Waals surface area (Å²) in [5.74, 6) is -0.567. The van der Waals surface area contributed by atoms with Gasteiger partial charge in [-0.3, -0.25) is 4.79 Å². The highest BCUT2D eigenvalue weighted by Crippen LogP contribution is 2.40. The zero-order valence-corrected chi connectivity index (χ0v) is 20.1. The summed E-state index contributed by atoms with van der Waals surface area (Å²) in [4.78, 5) is 15.9. The number of alkyl halides is 6. The van der Waals surface area contributed by atoms with Gasteiger partial charge in [0.2, 0.25) is 5.91 Å². The lowest BCUT2D eigenvalue weighted by molar-refractivity contribution is -0.142. The van der Waals surface area contributed by atoms with Gasteiger partial charge >= 0.3 is 12.4 Å². The smallest absolute Gasteiger partial charge is 0.356 e. The second-order valence-corrected chi connectivity index (χ2v) is 8.99. The molecule has 0 radical (unpaired) electrons. The van der Waals surface area contributed by atoms with Crippen LogP contribution in [0.3, 0.4) is 0 Å². The maximum atomic E-state index is 13.8. The van der Waals surface area contributed by atoms with Crippen molar-refractivity contribution in [3.05, 3.63) is 89.0 Å². The van der Waals surface area contributed by atoms with Gasteiger partial charge in [-0.15, -0.1) is 0 Å². The van der Waals surface area contributed by atoms with E-state index in [1.807, 2.05) is 19.9 Å². The Morgan fingerprint density at radius 3 is 2.22 bits per heavy atom. The van der Waals surface area contributed by atoms with Crippen LogP contribution in [0.1, 0.15) is 22.3 Å². The molecule has 1 unspecified atom stereocenters. The number of halogens is 6. The summed E-state index contributed by atoms with van der Waals surface area (Å²) >= 11 is 0. The Balaban J connectivity index is 1.60. The molecule has 4 rings (SSSR count). The number of anilines is 3. The van der Waals surface area contributed by atoms with E-state index >= 15 is 0 Å². The molecule has 37 heavy (non-hydrogen) atoms. The maximum Gasteiger partial charge on any atom is 0.427 e. The van der Waals surface area contributed by atoms with Crippen LogP contribution in [-0.4, -0.2) is 31.3 Å². The molecule has 0 aromatic heterocycles. The fourth-order valence-electron chi connectivity index (χ4n) is 4.27. The summed E-state index contributed by atoms with van der Waals surface area (Å²) in [6.45, 7) is 3.28. The molecule has 1 amide bonds. The number of hydrogen-bond acceptors (Lipinski definition) is 3. The summed E-state index contributed by atoms with van der Waals surface area (Å²) in [6, 6.07) is 16.2. The number of nitrogens with zero attached hydrogens (tertiary/aromatic N) is 2. The molecule has 0 spiro atoms. The van der Waals surface area contributed by atoms with Crippen LogP contribution in [0.15, 0.2) is 66.7 Å². The highest BCUT2D eigenvalue weighted by molar-refractivity contribution is 5.98. The summed E-state index contributed by atoms with van der Waals surface area (Å²) in [6.07, 6.45) is -10.9. The van der Waals surface area contributed by atoms with Crippen molar-refractivity contribution in [2.45, 2.75) is 38.8 Å². The molecule has 4 nitrogen and oxygen atoms in total. The maximum absolute atomic E-state index is 13.8. The van der Waals surface area contributed by atoms with Crippen molar-refractivity contribution < 1.29 is 31.1 Å². The van der Waals surface area contributed by atoms with Crippen LogP contribution in [0.2, 0.25) is 0 Å². The van der Waals surface area contributed by atoms with Crippen LogP contribution in [0.25, 0.3) is 0 Å². The average molecular weight is 522 g/mol. The van der Waals surface area contributed by atoms with Crippen molar-refractivity contribution in [1.29, 1.82) is 0 Å². The molecule has 0 saturated carbocycles. The van der Waals surface area contributed by atoms with E-state index in [4.69, 9.17) is 0 Å². The Hall–Kier alpha value is -3.69. The second-order valence-electron chi connectivity index (χ2n) is 8.99. The molecule has 3 aromatic carbocycles. The van der Waals surface area contributed by atoms with Gasteiger partial charge in [-0.2, -0.15) is 26.3 Å². The first-order valence-corrected chi connectivity index (χ1v) is 11.6. The molecule has 1 N–H and O–H groups in total. The molecule has 1 atom stereocenters. The van der Waals surface area contributed by atoms with E-state index in [0.29, 0.717) is 11.3 Å². The molecule has 1 aliphatic heterocycles. The zero-order valence-electron chi connectivity index (χ0n) is 20.1. The minimum Gasteiger partial charge on any atom is -0.356 e. The number of para-hydroxylation sites is 2. The number of carbonyl (C=O) groups is 1. The van der Waals surface area contributed by atoms with Gasteiger partial charge in [0, 0.05) is 12.2 Å². The number of benzene rings is 3. The largest absolute Gasteiger partial charge is 0.427 e. The highest BCUT2D eigenvalue weighted by Gasteiger charge is 2.48. The van der Waals surface area contributed by atoms with Crippen molar-refractivity contribution in [3.8, 4) is 0 Å². The first-order chi connectivity index (χ1) is 17.3. The Bertz CT molecular complexity index is 1270. The fourth-order valence-corrected chi connectivity index (χ4v) is 4.27. The molecule has 3 aromatic rings. The summed E-state index contributed by atoms with van der Waals surface area (Å²) in [7, 11) is 0. The Labute approximate surface area is 210 Å². The minimum atomic E-state index is -4.63. The van der Waals surface area contributed by atoms with Gasteiger partial charge in [-0.1, -0.05) is 30.3 Å². The van der Waals surface area contributed by atoms with Crippen molar-refractivity contribution in [1.82, 2.24) is 0 Å². The lowest BCUT2D eigenvalue weighted by Gasteiger charge is -2.31. The Kier molecular flexibility index (Phi) is 7.12.